The van der Waals surface area contributed by atoms with Crippen LogP contribution in [0.15, 0.2) is 121 Å². The van der Waals surface area contributed by atoms with E-state index in [2.05, 4.69) is 10.6 Å². The van der Waals surface area contributed by atoms with Crippen molar-refractivity contribution in [3.8, 4) is 0 Å². The summed E-state index contributed by atoms with van der Waals surface area (Å²) in [7, 11) is -4.64. The van der Waals surface area contributed by atoms with Crippen LogP contribution in [-0.2, 0) is 4.57 Å². The molecule has 0 atom stereocenters. The molecule has 8 nitrogen and oxygen atoms in total. The quantitative estimate of drug-likeness (QED) is 0.256. The zero-order valence-electron chi connectivity index (χ0n) is 18.6. The van der Waals surface area contributed by atoms with Crippen LogP contribution < -0.4 is 10.6 Å². The van der Waals surface area contributed by atoms with Crippen LogP contribution in [0.1, 0.15) is 20.7 Å². The predicted molar refractivity (Wildman–Crippen MR) is 136 cm³/mol. The van der Waals surface area contributed by atoms with Crippen LogP contribution >= 0.6 is 7.82 Å². The lowest BCUT2D eigenvalue weighted by atomic mass is 10.2. The van der Waals surface area contributed by atoms with E-state index in [9.17, 15) is 9.59 Å². The molecule has 9 heteroatoms. The Morgan fingerprint density at radius 3 is 0.971 bits per heavy atom. The van der Waals surface area contributed by atoms with Crippen molar-refractivity contribution < 1.29 is 28.8 Å². The van der Waals surface area contributed by atoms with Gasteiger partial charge in [-0.15, -0.1) is 0 Å². The first-order valence-electron chi connectivity index (χ1n) is 10.3. The van der Waals surface area contributed by atoms with Gasteiger partial charge < -0.3 is 25.3 Å². The highest BCUT2D eigenvalue weighted by Crippen LogP contribution is 2.25. The second kappa shape index (κ2) is 14.2. The summed E-state index contributed by atoms with van der Waals surface area (Å²) in [6.45, 7) is 0. The van der Waals surface area contributed by atoms with Crippen LogP contribution in [0.4, 0.5) is 11.4 Å². The second-order valence-electron chi connectivity index (χ2n) is 6.89. The molecule has 0 aliphatic carbocycles. The minimum atomic E-state index is -4.64. The van der Waals surface area contributed by atoms with E-state index in [-0.39, 0.29) is 11.8 Å². The van der Waals surface area contributed by atoms with E-state index >= 15 is 0 Å². The molecule has 0 aliphatic rings. The molecule has 4 rings (SSSR count). The third kappa shape index (κ3) is 12.1. The van der Waals surface area contributed by atoms with Crippen molar-refractivity contribution in [3.05, 3.63) is 132 Å². The van der Waals surface area contributed by atoms with Gasteiger partial charge in [0.15, 0.2) is 0 Å². The maximum absolute atomic E-state index is 11.7. The Kier molecular flexibility index (Phi) is 11.1. The summed E-state index contributed by atoms with van der Waals surface area (Å²) in [5.74, 6) is -0.163. The molecular formula is C26H25N2O6P. The topological polar surface area (TPSA) is 136 Å². The predicted octanol–water partition coefficient (Wildman–Crippen LogP) is 4.95. The molecule has 0 fully saturated rings. The average Bonchev–Trinajstić information content (AvgIpc) is 2.86. The van der Waals surface area contributed by atoms with E-state index in [1.807, 2.05) is 97.1 Å². The molecule has 180 valence electrons. The number of phosphoric acid groups is 1. The first-order chi connectivity index (χ1) is 16.7. The molecule has 35 heavy (non-hydrogen) atoms. The van der Waals surface area contributed by atoms with Crippen LogP contribution in [0.25, 0.3) is 0 Å². The van der Waals surface area contributed by atoms with Gasteiger partial charge in [-0.05, 0) is 48.5 Å². The number of carbonyl (C=O) groups is 2. The maximum Gasteiger partial charge on any atom is 0.466 e. The third-order valence-electron chi connectivity index (χ3n) is 4.14. The zero-order valence-corrected chi connectivity index (χ0v) is 19.5. The van der Waals surface area contributed by atoms with E-state index < -0.39 is 7.82 Å². The molecule has 5 N–H and O–H groups in total. The van der Waals surface area contributed by atoms with E-state index in [1.165, 1.54) is 0 Å². The summed E-state index contributed by atoms with van der Waals surface area (Å²) in [5.41, 5.74) is 2.96. The molecule has 0 spiro atoms. The zero-order chi connectivity index (χ0) is 25.5. The smallest absolute Gasteiger partial charge is 0.322 e. The molecule has 0 saturated carbocycles. The Bertz CT molecular complexity index is 1120. The van der Waals surface area contributed by atoms with Gasteiger partial charge in [-0.2, -0.15) is 0 Å². The van der Waals surface area contributed by atoms with E-state index in [4.69, 9.17) is 19.2 Å². The molecule has 2 amide bonds. The maximum atomic E-state index is 11.7. The highest BCUT2D eigenvalue weighted by atomic mass is 31.2. The molecule has 4 aromatic rings. The Morgan fingerprint density at radius 2 is 0.714 bits per heavy atom. The lowest BCUT2D eigenvalue weighted by Crippen LogP contribution is -2.11. The molecule has 0 unspecified atom stereocenters. The minimum Gasteiger partial charge on any atom is -0.322 e. The normalized spacial score (nSPS) is 9.91. The van der Waals surface area contributed by atoms with Gasteiger partial charge in [0.1, 0.15) is 0 Å². The SMILES string of the molecule is O=C(Nc1ccccc1)c1ccccc1.O=C(Nc1ccccc1)c1ccccc1.O=P(O)(O)O. The number of amides is 2. The van der Waals surface area contributed by atoms with Crippen LogP contribution in [0.5, 0.6) is 0 Å². The van der Waals surface area contributed by atoms with Gasteiger partial charge in [-0.3, -0.25) is 9.59 Å². The summed E-state index contributed by atoms with van der Waals surface area (Å²) >= 11 is 0. The van der Waals surface area contributed by atoms with Crippen molar-refractivity contribution in [2.24, 2.45) is 0 Å². The van der Waals surface area contributed by atoms with Crippen LogP contribution in [0.3, 0.4) is 0 Å². The third-order valence-corrected chi connectivity index (χ3v) is 4.14. The number of hydrogen-bond donors (Lipinski definition) is 5. The monoisotopic (exact) mass is 492 g/mol. The van der Waals surface area contributed by atoms with Crippen molar-refractivity contribution in [1.29, 1.82) is 0 Å². The number of nitrogens with one attached hydrogen (secondary N) is 2. The van der Waals surface area contributed by atoms with E-state index in [1.54, 1.807) is 24.3 Å². The number of benzene rings is 4. The fourth-order valence-corrected chi connectivity index (χ4v) is 2.63. The number of rotatable bonds is 4. The van der Waals surface area contributed by atoms with Crippen molar-refractivity contribution in [2.75, 3.05) is 10.6 Å². The van der Waals surface area contributed by atoms with E-state index in [0.717, 1.165) is 11.4 Å². The minimum absolute atomic E-state index is 0.0817. The number of hydrogen-bond acceptors (Lipinski definition) is 3. The van der Waals surface area contributed by atoms with Gasteiger partial charge in [0.05, 0.1) is 0 Å². The van der Waals surface area contributed by atoms with Crippen LogP contribution in [-0.4, -0.2) is 26.5 Å². The van der Waals surface area contributed by atoms with Crippen molar-refractivity contribution in [2.45, 2.75) is 0 Å². The average molecular weight is 492 g/mol. The lowest BCUT2D eigenvalue weighted by molar-refractivity contribution is 0.101. The van der Waals surface area contributed by atoms with Crippen molar-refractivity contribution in [1.82, 2.24) is 0 Å². The summed E-state index contributed by atoms with van der Waals surface area (Å²) in [4.78, 5) is 45.0. The molecular weight excluding hydrogens is 467 g/mol. The highest BCUT2D eigenvalue weighted by molar-refractivity contribution is 7.45. The lowest BCUT2D eigenvalue weighted by Gasteiger charge is -2.03. The van der Waals surface area contributed by atoms with Crippen molar-refractivity contribution >= 4 is 31.0 Å². The first-order valence-corrected chi connectivity index (χ1v) is 11.9. The summed E-state index contributed by atoms with van der Waals surface area (Å²) in [6.07, 6.45) is 0. The van der Waals surface area contributed by atoms with Crippen LogP contribution in [0.2, 0.25) is 0 Å². The molecule has 0 bridgehead atoms. The Labute approximate surface area is 203 Å². The fraction of sp³-hybridized carbons (Fsp3) is 0. The summed E-state index contributed by atoms with van der Waals surface area (Å²) in [5, 5.41) is 5.64. The second-order valence-corrected chi connectivity index (χ2v) is 7.91. The van der Waals surface area contributed by atoms with Gasteiger partial charge in [0.25, 0.3) is 11.8 Å². The Balaban J connectivity index is 0.000000208. The van der Waals surface area contributed by atoms with Gasteiger partial charge in [0.2, 0.25) is 0 Å². The summed E-state index contributed by atoms with van der Waals surface area (Å²) < 4.78 is 8.88. The fourth-order valence-electron chi connectivity index (χ4n) is 2.63. The summed E-state index contributed by atoms with van der Waals surface area (Å²) in [6, 6.07) is 37.2. The first kappa shape index (κ1) is 27.2. The Morgan fingerprint density at radius 1 is 0.486 bits per heavy atom. The highest BCUT2D eigenvalue weighted by Gasteiger charge is 2.04. The Hall–Kier alpha value is -4.07. The molecule has 0 radical (unpaired) electrons. The molecule has 0 heterocycles. The van der Waals surface area contributed by atoms with Gasteiger partial charge in [-0.25, -0.2) is 4.57 Å². The molecule has 0 saturated heterocycles. The van der Waals surface area contributed by atoms with Gasteiger partial charge in [0, 0.05) is 22.5 Å². The number of anilines is 2. The molecule has 0 aliphatic heterocycles. The van der Waals surface area contributed by atoms with Crippen LogP contribution in [0, 0.1) is 0 Å². The number of para-hydroxylation sites is 2. The van der Waals surface area contributed by atoms with E-state index in [0.29, 0.717) is 11.1 Å². The standard InChI is InChI=1S/2C13H11NO.H3O4P/c2*15-13(11-7-3-1-4-8-11)14-12-9-5-2-6-10-12;1-5(2,3)4/h2*1-10H,(H,14,15);(H3,1,2,3,4). The number of carbonyl (C=O) groups excluding carboxylic acids is 2. The molecule has 4 aromatic carbocycles. The van der Waals surface area contributed by atoms with Gasteiger partial charge in [-0.1, -0.05) is 72.8 Å². The largest absolute Gasteiger partial charge is 0.466 e. The van der Waals surface area contributed by atoms with Gasteiger partial charge >= 0.3 is 7.82 Å². The van der Waals surface area contributed by atoms with Crippen molar-refractivity contribution in [3.63, 3.8) is 0 Å². The molecule has 0 aromatic heterocycles.